The van der Waals surface area contributed by atoms with Crippen molar-refractivity contribution in [2.45, 2.75) is 19.8 Å². The van der Waals surface area contributed by atoms with Crippen LogP contribution in [0.3, 0.4) is 0 Å². The molecule has 0 radical (unpaired) electrons. The fraction of sp³-hybridized carbons (Fsp3) is 1.00. The molecular formula is C6H15O4P. The van der Waals surface area contributed by atoms with Crippen molar-refractivity contribution >= 4 is 7.37 Å². The molecule has 0 atom stereocenters. The van der Waals surface area contributed by atoms with Gasteiger partial charge in [-0.2, -0.15) is 0 Å². The van der Waals surface area contributed by atoms with Crippen molar-refractivity contribution in [3.63, 3.8) is 0 Å². The van der Waals surface area contributed by atoms with Gasteiger partial charge in [0.25, 0.3) is 7.37 Å². The number of hydrogen-bond donors (Lipinski definition) is 2. The normalized spacial score (nSPS) is 11.9. The van der Waals surface area contributed by atoms with Crippen molar-refractivity contribution in [1.29, 1.82) is 0 Å². The lowest BCUT2D eigenvalue weighted by atomic mass is 10.4. The van der Waals surface area contributed by atoms with Gasteiger partial charge in [0, 0.05) is 0 Å². The molecule has 0 aliphatic carbocycles. The fourth-order valence-electron chi connectivity index (χ4n) is 0.502. The van der Waals surface area contributed by atoms with Crippen molar-refractivity contribution in [2.24, 2.45) is 0 Å². The monoisotopic (exact) mass is 182 g/mol. The summed E-state index contributed by atoms with van der Waals surface area (Å²) in [5.41, 5.74) is 0. The van der Waals surface area contributed by atoms with Gasteiger partial charge in [-0.05, 0) is 6.42 Å². The summed E-state index contributed by atoms with van der Waals surface area (Å²) in [6.45, 7) is 2.32. The van der Waals surface area contributed by atoms with Crippen LogP contribution in [0.1, 0.15) is 19.8 Å². The van der Waals surface area contributed by atoms with Crippen LogP contribution in [0.25, 0.3) is 0 Å². The fourth-order valence-corrected chi connectivity index (χ4v) is 1.22. The van der Waals surface area contributed by atoms with Crippen molar-refractivity contribution < 1.29 is 19.3 Å². The van der Waals surface area contributed by atoms with E-state index in [-0.39, 0.29) is 0 Å². The van der Waals surface area contributed by atoms with Crippen LogP contribution < -0.4 is 0 Å². The summed E-state index contributed by atoms with van der Waals surface area (Å²) in [6, 6.07) is 0. The Labute approximate surface area is 66.6 Å². The van der Waals surface area contributed by atoms with Crippen LogP contribution in [0.15, 0.2) is 0 Å². The van der Waals surface area contributed by atoms with E-state index in [0.29, 0.717) is 6.61 Å². The van der Waals surface area contributed by atoms with Crippen LogP contribution in [0.2, 0.25) is 0 Å². The highest BCUT2D eigenvalue weighted by Crippen LogP contribution is 2.44. The third-order valence-electron chi connectivity index (χ3n) is 1.26. The standard InChI is InChI=1S/C6H15O4P/c1-2-3-4-10-11(9,5-7)6-8/h7-8H,2-6H2,1H3. The van der Waals surface area contributed by atoms with Crippen LogP contribution in [-0.2, 0) is 9.09 Å². The van der Waals surface area contributed by atoms with E-state index in [0.717, 1.165) is 12.8 Å². The van der Waals surface area contributed by atoms with Crippen LogP contribution in [-0.4, -0.2) is 29.5 Å². The molecule has 0 bridgehead atoms. The molecule has 0 aliphatic rings. The highest BCUT2D eigenvalue weighted by molar-refractivity contribution is 7.58. The Morgan fingerprint density at radius 2 is 1.91 bits per heavy atom. The highest BCUT2D eigenvalue weighted by atomic mass is 31.2. The summed E-state index contributed by atoms with van der Waals surface area (Å²) in [6.07, 6.45) is 0.585. The highest BCUT2D eigenvalue weighted by Gasteiger charge is 2.19. The smallest absolute Gasteiger partial charge is 0.252 e. The van der Waals surface area contributed by atoms with E-state index in [1.54, 1.807) is 0 Å². The minimum Gasteiger partial charge on any atom is -0.386 e. The maximum absolute atomic E-state index is 11.1. The van der Waals surface area contributed by atoms with Gasteiger partial charge in [0.05, 0.1) is 6.61 Å². The van der Waals surface area contributed by atoms with Crippen molar-refractivity contribution in [2.75, 3.05) is 19.3 Å². The van der Waals surface area contributed by atoms with E-state index in [2.05, 4.69) is 0 Å². The molecule has 0 unspecified atom stereocenters. The number of aliphatic hydroxyl groups is 2. The van der Waals surface area contributed by atoms with E-state index in [9.17, 15) is 4.57 Å². The predicted molar refractivity (Wildman–Crippen MR) is 42.6 cm³/mol. The minimum absolute atomic E-state index is 0.342. The van der Waals surface area contributed by atoms with Crippen molar-refractivity contribution in [3.8, 4) is 0 Å². The molecule has 2 N–H and O–H groups in total. The molecule has 0 aromatic carbocycles. The first kappa shape index (κ1) is 11.1. The van der Waals surface area contributed by atoms with Crippen LogP contribution in [0.4, 0.5) is 0 Å². The molecule has 0 aromatic rings. The molecule has 0 saturated carbocycles. The molecule has 0 aromatic heterocycles. The zero-order chi connectivity index (χ0) is 8.74. The van der Waals surface area contributed by atoms with Gasteiger partial charge in [0.1, 0.15) is 12.7 Å². The second-order valence-corrected chi connectivity index (χ2v) is 4.74. The lowest BCUT2D eigenvalue weighted by Gasteiger charge is -2.12. The Hall–Kier alpha value is 0.110. The summed E-state index contributed by atoms with van der Waals surface area (Å²) in [7, 11) is -3.10. The Morgan fingerprint density at radius 3 is 2.27 bits per heavy atom. The van der Waals surface area contributed by atoms with Gasteiger partial charge in [-0.15, -0.1) is 0 Å². The molecule has 0 fully saturated rings. The molecule has 4 nitrogen and oxygen atoms in total. The van der Waals surface area contributed by atoms with E-state index in [1.807, 2.05) is 6.92 Å². The summed E-state index contributed by atoms with van der Waals surface area (Å²) in [4.78, 5) is 0. The molecule has 0 aliphatic heterocycles. The van der Waals surface area contributed by atoms with E-state index in [4.69, 9.17) is 14.7 Å². The predicted octanol–water partition coefficient (Wildman–Crippen LogP) is 0.981. The zero-order valence-corrected chi connectivity index (χ0v) is 7.59. The van der Waals surface area contributed by atoms with E-state index in [1.165, 1.54) is 0 Å². The zero-order valence-electron chi connectivity index (χ0n) is 6.69. The van der Waals surface area contributed by atoms with Gasteiger partial charge in [-0.1, -0.05) is 13.3 Å². The first-order valence-electron chi connectivity index (χ1n) is 3.63. The summed E-state index contributed by atoms with van der Waals surface area (Å²) in [5, 5.41) is 17.1. The summed E-state index contributed by atoms with van der Waals surface area (Å²) in [5.74, 6) is 0. The maximum Gasteiger partial charge on any atom is 0.252 e. The van der Waals surface area contributed by atoms with E-state index < -0.39 is 20.1 Å². The van der Waals surface area contributed by atoms with Crippen LogP contribution in [0, 0.1) is 0 Å². The largest absolute Gasteiger partial charge is 0.386 e. The number of aliphatic hydroxyl groups excluding tert-OH is 2. The Morgan fingerprint density at radius 1 is 1.36 bits per heavy atom. The third kappa shape index (κ3) is 4.53. The summed E-state index contributed by atoms with van der Waals surface area (Å²) >= 11 is 0. The second kappa shape index (κ2) is 5.72. The molecule has 11 heavy (non-hydrogen) atoms. The maximum atomic E-state index is 11.1. The van der Waals surface area contributed by atoms with Crippen LogP contribution in [0.5, 0.6) is 0 Å². The van der Waals surface area contributed by atoms with Gasteiger partial charge < -0.3 is 14.7 Å². The first-order valence-corrected chi connectivity index (χ1v) is 5.62. The van der Waals surface area contributed by atoms with Crippen LogP contribution >= 0.6 is 7.37 Å². The molecule has 68 valence electrons. The molecule has 0 rings (SSSR count). The Bertz CT molecular complexity index is 129. The summed E-state index contributed by atoms with van der Waals surface area (Å²) < 4.78 is 15.9. The average molecular weight is 182 g/mol. The second-order valence-electron chi connectivity index (χ2n) is 2.28. The van der Waals surface area contributed by atoms with Gasteiger partial charge in [-0.25, -0.2) is 0 Å². The molecule has 0 spiro atoms. The Kier molecular flexibility index (Phi) is 5.78. The molecular weight excluding hydrogens is 167 g/mol. The van der Waals surface area contributed by atoms with E-state index >= 15 is 0 Å². The van der Waals surface area contributed by atoms with Gasteiger partial charge in [0.15, 0.2) is 0 Å². The van der Waals surface area contributed by atoms with Gasteiger partial charge in [0.2, 0.25) is 0 Å². The topological polar surface area (TPSA) is 66.8 Å². The molecule has 0 saturated heterocycles. The van der Waals surface area contributed by atoms with Gasteiger partial charge in [-0.3, -0.25) is 4.57 Å². The SMILES string of the molecule is CCCCOP(=O)(CO)CO. The average Bonchev–Trinajstić information content (AvgIpc) is 2.05. The third-order valence-corrected chi connectivity index (χ3v) is 2.77. The Balaban J connectivity index is 3.61. The minimum atomic E-state index is -3.10. The number of rotatable bonds is 6. The molecule has 5 heteroatoms. The number of unbranched alkanes of at least 4 members (excludes halogenated alkanes) is 1. The lowest BCUT2D eigenvalue weighted by Crippen LogP contribution is -2.00. The lowest BCUT2D eigenvalue weighted by molar-refractivity contribution is 0.240. The van der Waals surface area contributed by atoms with Crippen molar-refractivity contribution in [3.05, 3.63) is 0 Å². The molecule has 0 amide bonds. The van der Waals surface area contributed by atoms with Crippen molar-refractivity contribution in [1.82, 2.24) is 0 Å². The van der Waals surface area contributed by atoms with Gasteiger partial charge >= 0.3 is 0 Å². The first-order chi connectivity index (χ1) is 5.18. The molecule has 0 heterocycles. The number of hydrogen-bond acceptors (Lipinski definition) is 4. The quantitative estimate of drug-likeness (QED) is 0.474.